The summed E-state index contributed by atoms with van der Waals surface area (Å²) in [6.07, 6.45) is 7.36. The van der Waals surface area contributed by atoms with Gasteiger partial charge < -0.3 is 49.3 Å². The zero-order valence-corrected chi connectivity index (χ0v) is 33.7. The predicted molar refractivity (Wildman–Crippen MR) is 222 cm³/mol. The molecule has 1 unspecified atom stereocenters. The number of pyridine rings is 2. The molecule has 4 aliphatic heterocycles. The molecular formula is C43H46N10O6. The number of carbonyl (C=O) groups is 2. The molecule has 4 aromatic heterocycles. The van der Waals surface area contributed by atoms with E-state index in [1.54, 1.807) is 18.6 Å². The van der Waals surface area contributed by atoms with Crippen LogP contribution < -0.4 is 29.9 Å². The monoisotopic (exact) mass is 798 g/mol. The van der Waals surface area contributed by atoms with Crippen molar-refractivity contribution in [2.24, 2.45) is 0 Å². The summed E-state index contributed by atoms with van der Waals surface area (Å²) in [6.45, 7) is 14.0. The Morgan fingerprint density at radius 3 is 1.86 bits per heavy atom. The number of morpholine rings is 2. The first-order valence-electron chi connectivity index (χ1n) is 20.0. The van der Waals surface area contributed by atoms with E-state index in [0.29, 0.717) is 109 Å². The van der Waals surface area contributed by atoms with Crippen molar-refractivity contribution in [2.75, 3.05) is 66.4 Å². The van der Waals surface area contributed by atoms with Crippen molar-refractivity contribution in [3.63, 3.8) is 0 Å². The number of nitrogens with zero attached hydrogens (tertiary/aromatic N) is 6. The van der Waals surface area contributed by atoms with Crippen molar-refractivity contribution in [3.05, 3.63) is 83.0 Å². The molecule has 59 heavy (non-hydrogen) atoms. The van der Waals surface area contributed by atoms with E-state index < -0.39 is 6.10 Å². The molecule has 0 saturated carbocycles. The number of hydrogen-bond acceptors (Lipinski definition) is 12. The molecule has 4 aliphatic rings. The fourth-order valence-corrected chi connectivity index (χ4v) is 8.71. The van der Waals surface area contributed by atoms with Gasteiger partial charge in [0.15, 0.2) is 0 Å². The van der Waals surface area contributed by atoms with Gasteiger partial charge in [-0.1, -0.05) is 0 Å². The lowest BCUT2D eigenvalue weighted by atomic mass is 10.0. The van der Waals surface area contributed by atoms with Gasteiger partial charge >= 0.3 is 0 Å². The quantitative estimate of drug-likeness (QED) is 0.151. The smallest absolute Gasteiger partial charge is 0.259 e. The van der Waals surface area contributed by atoms with Gasteiger partial charge in [-0.05, 0) is 46.8 Å². The summed E-state index contributed by atoms with van der Waals surface area (Å²) >= 11 is 0. The van der Waals surface area contributed by atoms with Crippen LogP contribution in [0.5, 0.6) is 11.5 Å². The third-order valence-electron chi connectivity index (χ3n) is 11.3. The van der Waals surface area contributed by atoms with Crippen molar-refractivity contribution >= 4 is 56.6 Å². The summed E-state index contributed by atoms with van der Waals surface area (Å²) in [5, 5.41) is 6.37. The summed E-state index contributed by atoms with van der Waals surface area (Å²) in [5.41, 5.74) is 7.42. The molecule has 10 rings (SSSR count). The highest BCUT2D eigenvalue weighted by atomic mass is 16.5. The Morgan fingerprint density at radius 1 is 0.712 bits per heavy atom. The SMILES string of the molecule is Cc1nc2c(C(=O)Nc3cc4c(cc3N3CCOC(c5nc6c(C(=O)Nc7cc8c(cc7N7CCOCC7)OC(C)(C)C8)cncc6[nH]5)C3)OC(C)(C)C4)cncc2[nH]1. The van der Waals surface area contributed by atoms with Gasteiger partial charge in [-0.3, -0.25) is 19.6 Å². The Labute approximate surface area is 340 Å². The molecule has 16 nitrogen and oxygen atoms in total. The number of aromatic amines is 2. The van der Waals surface area contributed by atoms with E-state index in [9.17, 15) is 9.59 Å². The van der Waals surface area contributed by atoms with E-state index in [4.69, 9.17) is 23.9 Å². The zero-order valence-electron chi connectivity index (χ0n) is 33.7. The highest BCUT2D eigenvalue weighted by Gasteiger charge is 2.35. The topological polar surface area (TPSA) is 185 Å². The number of rotatable bonds is 7. The molecule has 0 spiro atoms. The van der Waals surface area contributed by atoms with Gasteiger partial charge in [0, 0.05) is 68.1 Å². The van der Waals surface area contributed by atoms with Crippen LogP contribution in [0.4, 0.5) is 22.7 Å². The van der Waals surface area contributed by atoms with Crippen molar-refractivity contribution in [1.29, 1.82) is 0 Å². The van der Waals surface area contributed by atoms with E-state index in [1.807, 2.05) is 31.2 Å². The molecule has 1 atom stereocenters. The minimum absolute atomic E-state index is 0.316. The number of carbonyl (C=O) groups excluding carboxylic acids is 2. The number of ether oxygens (including phenoxy) is 4. The van der Waals surface area contributed by atoms with E-state index >= 15 is 0 Å². The number of aryl methyl sites for hydroxylation is 1. The van der Waals surface area contributed by atoms with Crippen LogP contribution in [0.2, 0.25) is 0 Å². The lowest BCUT2D eigenvalue weighted by Crippen LogP contribution is -2.39. The number of fused-ring (bicyclic) bond motifs is 4. The van der Waals surface area contributed by atoms with Crippen LogP contribution in [0.25, 0.3) is 22.1 Å². The van der Waals surface area contributed by atoms with Crippen molar-refractivity contribution in [1.82, 2.24) is 29.9 Å². The Hall–Kier alpha value is -6.26. The first-order valence-corrected chi connectivity index (χ1v) is 20.0. The predicted octanol–water partition coefficient (Wildman–Crippen LogP) is 5.88. The first-order chi connectivity index (χ1) is 28.4. The van der Waals surface area contributed by atoms with Crippen molar-refractivity contribution < 1.29 is 28.5 Å². The molecule has 6 aromatic rings. The van der Waals surface area contributed by atoms with Gasteiger partial charge in [0.05, 0.1) is 83.7 Å². The van der Waals surface area contributed by atoms with Crippen LogP contribution in [-0.2, 0) is 22.3 Å². The van der Waals surface area contributed by atoms with Crippen LogP contribution in [0.3, 0.4) is 0 Å². The molecular weight excluding hydrogens is 753 g/mol. The molecule has 8 heterocycles. The Morgan fingerprint density at radius 2 is 1.25 bits per heavy atom. The molecule has 0 radical (unpaired) electrons. The van der Waals surface area contributed by atoms with Crippen molar-refractivity contribution in [3.8, 4) is 11.5 Å². The molecule has 304 valence electrons. The minimum Gasteiger partial charge on any atom is -0.487 e. The molecule has 2 aromatic carbocycles. The Balaban J connectivity index is 0.936. The number of aromatic nitrogens is 6. The summed E-state index contributed by atoms with van der Waals surface area (Å²) in [7, 11) is 0. The van der Waals surface area contributed by atoms with Crippen molar-refractivity contribution in [2.45, 2.75) is 64.8 Å². The third-order valence-corrected chi connectivity index (χ3v) is 11.3. The number of imidazole rings is 2. The van der Waals surface area contributed by atoms with Gasteiger partial charge in [0.2, 0.25) is 0 Å². The van der Waals surface area contributed by atoms with Crippen LogP contribution >= 0.6 is 0 Å². The number of amides is 2. The largest absolute Gasteiger partial charge is 0.487 e. The molecule has 0 aliphatic carbocycles. The Kier molecular flexibility index (Phi) is 8.75. The standard InChI is InChI=1S/C43H46N10O6/c1-23-46-30-20-44-18-26(37(30)47-23)40(54)50-29-13-25-17-43(4,5)59-35(25)15-33(29)53-8-11-57-36(22-53)39-48-31-21-45-19-27(38(31)51-39)41(55)49-28-12-24-16-42(2,3)58-34(24)14-32(28)52-6-9-56-10-7-52/h12-15,18-21,36H,6-11,16-17,22H2,1-5H3,(H,46,47)(H,48,51)(H,49,55)(H,50,54). The minimum atomic E-state index is -0.487. The van der Waals surface area contributed by atoms with Gasteiger partial charge in [0.25, 0.3) is 11.8 Å². The van der Waals surface area contributed by atoms with Crippen LogP contribution in [0, 0.1) is 6.92 Å². The van der Waals surface area contributed by atoms with E-state index in [1.165, 1.54) is 6.20 Å². The van der Waals surface area contributed by atoms with Crippen LogP contribution in [-0.4, -0.2) is 98.9 Å². The van der Waals surface area contributed by atoms with Gasteiger partial charge in [-0.15, -0.1) is 0 Å². The number of hydrogen-bond donors (Lipinski definition) is 4. The zero-order chi connectivity index (χ0) is 40.6. The fraction of sp³-hybridized carbons (Fsp3) is 0.395. The lowest BCUT2D eigenvalue weighted by Gasteiger charge is -2.35. The highest BCUT2D eigenvalue weighted by molar-refractivity contribution is 6.13. The average molecular weight is 799 g/mol. The van der Waals surface area contributed by atoms with Gasteiger partial charge in [-0.25, -0.2) is 9.97 Å². The second-order valence-corrected chi connectivity index (χ2v) is 17.0. The number of benzene rings is 2. The number of nitrogens with one attached hydrogen (secondary N) is 4. The maximum atomic E-state index is 14.2. The summed E-state index contributed by atoms with van der Waals surface area (Å²) in [4.78, 5) is 57.3. The molecule has 2 saturated heterocycles. The Bertz CT molecular complexity index is 2660. The average Bonchev–Trinajstić information content (AvgIpc) is 3.97. The normalized spacial score (nSPS) is 19.3. The van der Waals surface area contributed by atoms with E-state index in [0.717, 1.165) is 40.4 Å². The maximum Gasteiger partial charge on any atom is 0.259 e. The first kappa shape index (κ1) is 37.0. The van der Waals surface area contributed by atoms with E-state index in [-0.39, 0.29) is 23.0 Å². The van der Waals surface area contributed by atoms with Gasteiger partial charge in [0.1, 0.15) is 51.5 Å². The summed E-state index contributed by atoms with van der Waals surface area (Å²) < 4.78 is 24.6. The second-order valence-electron chi connectivity index (χ2n) is 17.0. The maximum absolute atomic E-state index is 14.2. The third kappa shape index (κ3) is 6.95. The molecule has 4 N–H and O–H groups in total. The van der Waals surface area contributed by atoms with E-state index in [2.05, 4.69) is 73.0 Å². The van der Waals surface area contributed by atoms with Gasteiger partial charge in [-0.2, -0.15) is 0 Å². The molecule has 16 heteroatoms. The highest BCUT2D eigenvalue weighted by Crippen LogP contribution is 2.44. The lowest BCUT2D eigenvalue weighted by molar-refractivity contribution is 0.0348. The van der Waals surface area contributed by atoms with Crippen LogP contribution in [0.15, 0.2) is 49.1 Å². The second kappa shape index (κ2) is 13.9. The molecule has 2 fully saturated rings. The number of anilines is 4. The number of H-pyrrole nitrogens is 2. The summed E-state index contributed by atoms with van der Waals surface area (Å²) in [6, 6.07) is 8.06. The van der Waals surface area contributed by atoms with Crippen LogP contribution in [0.1, 0.15) is 77.3 Å². The fourth-order valence-electron chi connectivity index (χ4n) is 8.71. The molecule has 2 amide bonds. The molecule has 0 bridgehead atoms. The summed E-state index contributed by atoms with van der Waals surface area (Å²) in [5.74, 6) is 2.24.